The summed E-state index contributed by atoms with van der Waals surface area (Å²) in [6.45, 7) is 3.60. The number of aliphatic imine (C=N–C) groups is 1. The smallest absolute Gasteiger partial charge is 0.338 e. The van der Waals surface area contributed by atoms with E-state index in [2.05, 4.69) is 10.1 Å². The first kappa shape index (κ1) is 21.5. The molecule has 1 atom stereocenters. The summed E-state index contributed by atoms with van der Waals surface area (Å²) in [6.07, 6.45) is 0.306. The van der Waals surface area contributed by atoms with E-state index in [1.807, 2.05) is 0 Å². The monoisotopic (exact) mass is 435 g/mol. The second kappa shape index (κ2) is 7.55. The predicted molar refractivity (Wildman–Crippen MR) is 109 cm³/mol. The normalized spacial score (nSPS) is 22.4. The van der Waals surface area contributed by atoms with Gasteiger partial charge in [-0.2, -0.15) is 0 Å². The number of amides is 4. The molecular weight excluding hydrogens is 417 g/mol. The number of anilines is 1. The third kappa shape index (κ3) is 3.24. The van der Waals surface area contributed by atoms with E-state index < -0.39 is 23.5 Å². The fourth-order valence-electron chi connectivity index (χ4n) is 3.18. The van der Waals surface area contributed by atoms with Crippen LogP contribution in [0.2, 0.25) is 5.02 Å². The van der Waals surface area contributed by atoms with Crippen LogP contribution >= 0.6 is 11.6 Å². The van der Waals surface area contributed by atoms with E-state index >= 15 is 0 Å². The first-order chi connectivity index (χ1) is 14.1. The fourth-order valence-corrected chi connectivity index (χ4v) is 3.44. The highest BCUT2D eigenvalue weighted by Crippen LogP contribution is 2.35. The van der Waals surface area contributed by atoms with Crippen LogP contribution in [-0.2, 0) is 9.63 Å². The Labute approximate surface area is 177 Å². The molecule has 30 heavy (non-hydrogen) atoms. The molecular formula is C19H19ClFN5O4. The summed E-state index contributed by atoms with van der Waals surface area (Å²) in [5.74, 6) is 0.357. The lowest BCUT2D eigenvalue weighted by molar-refractivity contribution is 0.0518. The topological polar surface area (TPSA) is 94.9 Å². The summed E-state index contributed by atoms with van der Waals surface area (Å²) >= 11 is 6.23. The van der Waals surface area contributed by atoms with E-state index in [0.29, 0.717) is 28.3 Å². The molecule has 1 aromatic carbocycles. The Kier molecular flexibility index (Phi) is 5.40. The van der Waals surface area contributed by atoms with Crippen LogP contribution in [0.15, 0.2) is 28.1 Å². The number of urea groups is 2. The van der Waals surface area contributed by atoms with Gasteiger partial charge in [0.2, 0.25) is 5.82 Å². The van der Waals surface area contributed by atoms with Gasteiger partial charge in [0, 0.05) is 33.1 Å². The van der Waals surface area contributed by atoms with Crippen molar-refractivity contribution in [1.82, 2.24) is 9.80 Å². The Morgan fingerprint density at radius 3 is 2.43 bits per heavy atom. The van der Waals surface area contributed by atoms with Gasteiger partial charge < -0.3 is 4.84 Å². The highest BCUT2D eigenvalue weighted by molar-refractivity contribution is 6.34. The number of hydrogen-bond acceptors (Lipinski definition) is 6. The molecule has 2 aliphatic heterocycles. The van der Waals surface area contributed by atoms with E-state index in [4.69, 9.17) is 16.4 Å². The summed E-state index contributed by atoms with van der Waals surface area (Å²) in [5.41, 5.74) is 0.313. The number of oxime groups is 1. The number of carbonyl (C=O) groups is 2. The Bertz CT molecular complexity index is 1040. The number of imide groups is 1. The molecule has 3 rings (SSSR count). The maximum Gasteiger partial charge on any atom is 0.338 e. The van der Waals surface area contributed by atoms with Crippen LogP contribution in [-0.4, -0.2) is 66.0 Å². The number of nitrogens with zero attached hydrogens (tertiary/aromatic N) is 5. The fraction of sp³-hybridized carbons (Fsp3) is 0.368. The minimum absolute atomic E-state index is 0.0426. The van der Waals surface area contributed by atoms with E-state index in [9.17, 15) is 18.8 Å². The van der Waals surface area contributed by atoms with Gasteiger partial charge in [-0.15, -0.1) is 0 Å². The van der Waals surface area contributed by atoms with Gasteiger partial charge in [-0.05, 0) is 26.0 Å². The number of halogens is 2. The largest absolute Gasteiger partial charge is 0.383 e. The number of carbonyl (C=O) groups excluding carboxylic acids is 3. The average molecular weight is 436 g/mol. The van der Waals surface area contributed by atoms with Gasteiger partial charge in [0.25, 0.3) is 0 Å². The number of benzene rings is 1. The lowest BCUT2D eigenvalue weighted by Crippen LogP contribution is -2.57. The SMILES string of the molecule is CN=C(C)C1(C)CC(c2cc(N3C(=O)N(C)C(=C=O)N(C)C3=O)c(F)cc2Cl)=NO1. The predicted octanol–water partition coefficient (Wildman–Crippen LogP) is 3.05. The van der Waals surface area contributed by atoms with Crippen molar-refractivity contribution < 1.29 is 23.6 Å². The Morgan fingerprint density at radius 1 is 1.30 bits per heavy atom. The molecule has 0 aliphatic carbocycles. The zero-order valence-corrected chi connectivity index (χ0v) is 17.7. The molecule has 2 heterocycles. The second-order valence-corrected chi connectivity index (χ2v) is 7.48. The summed E-state index contributed by atoms with van der Waals surface area (Å²) in [4.78, 5) is 48.5. The van der Waals surface area contributed by atoms with Gasteiger partial charge in [0.05, 0.1) is 22.1 Å². The van der Waals surface area contributed by atoms with Crippen LogP contribution in [0, 0.1) is 5.82 Å². The van der Waals surface area contributed by atoms with Gasteiger partial charge in [0.15, 0.2) is 11.5 Å². The van der Waals surface area contributed by atoms with E-state index in [1.165, 1.54) is 26.1 Å². The summed E-state index contributed by atoms with van der Waals surface area (Å²) in [7, 11) is 4.19. The molecule has 1 aromatic rings. The van der Waals surface area contributed by atoms with Gasteiger partial charge in [-0.25, -0.2) is 23.7 Å². The van der Waals surface area contributed by atoms with Crippen molar-refractivity contribution in [3.05, 3.63) is 34.4 Å². The van der Waals surface area contributed by atoms with E-state index in [1.54, 1.807) is 20.9 Å². The first-order valence-corrected chi connectivity index (χ1v) is 9.22. The zero-order chi connectivity index (χ0) is 22.4. The molecule has 9 nitrogen and oxygen atoms in total. The van der Waals surface area contributed by atoms with Gasteiger partial charge in [0.1, 0.15) is 5.82 Å². The van der Waals surface area contributed by atoms with Crippen LogP contribution in [0.5, 0.6) is 0 Å². The van der Waals surface area contributed by atoms with Crippen molar-refractivity contribution in [2.45, 2.75) is 25.9 Å². The molecule has 0 aromatic heterocycles. The van der Waals surface area contributed by atoms with E-state index in [-0.39, 0.29) is 16.5 Å². The second-order valence-electron chi connectivity index (χ2n) is 7.07. The maximum absolute atomic E-state index is 14.8. The molecule has 158 valence electrons. The Hall–Kier alpha value is -3.23. The number of hydrogen-bond donors (Lipinski definition) is 0. The summed E-state index contributed by atoms with van der Waals surface area (Å²) in [6, 6.07) is 0.438. The van der Waals surface area contributed by atoms with Gasteiger partial charge in [-0.3, -0.25) is 14.8 Å². The molecule has 2 aliphatic rings. The van der Waals surface area contributed by atoms with Crippen molar-refractivity contribution in [1.29, 1.82) is 0 Å². The standard InChI is InChI=1S/C19H19ClFN5O4/c1-10(22-3)19(2)8-14(23-30-19)11-6-15(13(21)7-12(11)20)26-17(28)24(4)16(9-27)25(5)18(26)29/h6-7H,8H2,1-5H3. The number of rotatable bonds is 3. The molecule has 11 heteroatoms. The van der Waals surface area contributed by atoms with Crippen LogP contribution in [0.3, 0.4) is 0 Å². The maximum atomic E-state index is 14.8. The van der Waals surface area contributed by atoms with Crippen molar-refractivity contribution in [2.24, 2.45) is 10.1 Å². The van der Waals surface area contributed by atoms with Crippen molar-refractivity contribution in [3.63, 3.8) is 0 Å². The molecule has 0 bridgehead atoms. The third-order valence-corrected chi connectivity index (χ3v) is 5.55. The van der Waals surface area contributed by atoms with Crippen molar-refractivity contribution in [2.75, 3.05) is 26.0 Å². The zero-order valence-electron chi connectivity index (χ0n) is 17.0. The lowest BCUT2D eigenvalue weighted by Gasteiger charge is -2.37. The molecule has 1 fully saturated rings. The van der Waals surface area contributed by atoms with E-state index in [0.717, 1.165) is 15.9 Å². The summed E-state index contributed by atoms with van der Waals surface area (Å²) in [5, 5.41) is 4.11. The highest BCUT2D eigenvalue weighted by Gasteiger charge is 2.42. The van der Waals surface area contributed by atoms with Crippen LogP contribution in [0.4, 0.5) is 19.7 Å². The molecule has 0 N–H and O–H groups in total. The molecule has 0 radical (unpaired) electrons. The molecule has 0 spiro atoms. The Morgan fingerprint density at radius 2 is 1.90 bits per heavy atom. The van der Waals surface area contributed by atoms with Crippen molar-refractivity contribution in [3.8, 4) is 0 Å². The molecule has 1 saturated heterocycles. The van der Waals surface area contributed by atoms with Gasteiger partial charge >= 0.3 is 12.1 Å². The molecule has 4 amide bonds. The Balaban J connectivity index is 2.06. The highest BCUT2D eigenvalue weighted by atomic mass is 35.5. The lowest BCUT2D eigenvalue weighted by atomic mass is 9.92. The van der Waals surface area contributed by atoms with Crippen LogP contribution in [0.25, 0.3) is 0 Å². The molecule has 0 saturated carbocycles. The van der Waals surface area contributed by atoms with Crippen LogP contribution in [0.1, 0.15) is 25.8 Å². The third-order valence-electron chi connectivity index (χ3n) is 5.23. The van der Waals surface area contributed by atoms with Crippen LogP contribution < -0.4 is 4.90 Å². The quantitative estimate of drug-likeness (QED) is 0.538. The van der Waals surface area contributed by atoms with Crippen molar-refractivity contribution >= 4 is 46.7 Å². The minimum atomic E-state index is -0.910. The minimum Gasteiger partial charge on any atom is -0.383 e. The first-order valence-electron chi connectivity index (χ1n) is 8.84. The average Bonchev–Trinajstić information content (AvgIpc) is 3.11. The molecule has 1 unspecified atom stereocenters. The summed E-state index contributed by atoms with van der Waals surface area (Å²) < 4.78 is 14.8. The van der Waals surface area contributed by atoms with Gasteiger partial charge in [-0.1, -0.05) is 16.8 Å².